The summed E-state index contributed by atoms with van der Waals surface area (Å²) < 4.78 is 13.5. The van der Waals surface area contributed by atoms with Crippen molar-refractivity contribution in [1.82, 2.24) is 0 Å². The number of anilines is 1. The molecule has 4 aromatic carbocycles. The lowest BCUT2D eigenvalue weighted by Gasteiger charge is -2.26. The number of hydrogen-bond donors (Lipinski definition) is 0. The number of methoxy groups -OCH3 is 2. The maximum Gasteiger partial charge on any atom is 0.210 e. The molecule has 0 unspecified atom stereocenters. The van der Waals surface area contributed by atoms with Gasteiger partial charge in [0.1, 0.15) is 6.61 Å². The van der Waals surface area contributed by atoms with Gasteiger partial charge in [0, 0.05) is 55.3 Å². The van der Waals surface area contributed by atoms with E-state index in [1.54, 1.807) is 14.2 Å². The predicted octanol–water partition coefficient (Wildman–Crippen LogP) is 8.46. The van der Waals surface area contributed by atoms with Crippen LogP contribution < -0.4 is 4.90 Å². The Labute approximate surface area is 256 Å². The molecule has 0 spiro atoms. The highest BCUT2D eigenvalue weighted by Crippen LogP contribution is 2.50. The Bertz CT molecular complexity index is 1810. The fraction of sp³-hybridized carbons (Fsp3) is 0.308. The average Bonchev–Trinajstić information content (AvgIpc) is 3.37. The molecular formula is C39H43N2O2+. The summed E-state index contributed by atoms with van der Waals surface area (Å²) in [5.74, 6) is 0. The quantitative estimate of drug-likeness (QED) is 0.149. The minimum absolute atomic E-state index is 0.139. The molecule has 2 heterocycles. The van der Waals surface area contributed by atoms with Crippen molar-refractivity contribution in [1.29, 1.82) is 0 Å². The fourth-order valence-electron chi connectivity index (χ4n) is 7.28. The molecule has 0 bridgehead atoms. The number of rotatable bonds is 9. The molecule has 4 aromatic rings. The SMILES string of the molecule is COCCN1C(=CC=CC=CC2=[N+](CCOC)c3ccc4ccccc4c3C2(C)C)C(C)(C)c2c1ccc1ccccc21. The van der Waals surface area contributed by atoms with Gasteiger partial charge in [0.15, 0.2) is 12.3 Å². The third-order valence-corrected chi connectivity index (χ3v) is 9.28. The van der Waals surface area contributed by atoms with Crippen molar-refractivity contribution in [3.8, 4) is 0 Å². The van der Waals surface area contributed by atoms with Gasteiger partial charge in [0.05, 0.1) is 12.0 Å². The maximum absolute atomic E-state index is 5.52. The summed E-state index contributed by atoms with van der Waals surface area (Å²) in [7, 11) is 3.55. The highest BCUT2D eigenvalue weighted by Gasteiger charge is 2.45. The van der Waals surface area contributed by atoms with Gasteiger partial charge in [-0.05, 0) is 59.2 Å². The van der Waals surface area contributed by atoms with Crippen molar-refractivity contribution < 1.29 is 14.0 Å². The minimum Gasteiger partial charge on any atom is -0.383 e. The number of ether oxygens (including phenoxy) is 2. The van der Waals surface area contributed by atoms with Crippen LogP contribution in [-0.4, -0.2) is 50.8 Å². The summed E-state index contributed by atoms with van der Waals surface area (Å²) in [4.78, 5) is 2.43. The van der Waals surface area contributed by atoms with Crippen molar-refractivity contribution in [2.24, 2.45) is 0 Å². The largest absolute Gasteiger partial charge is 0.383 e. The van der Waals surface area contributed by atoms with Crippen LogP contribution in [0.3, 0.4) is 0 Å². The van der Waals surface area contributed by atoms with Gasteiger partial charge in [-0.15, -0.1) is 0 Å². The van der Waals surface area contributed by atoms with Crippen LogP contribution in [0.4, 0.5) is 11.4 Å². The van der Waals surface area contributed by atoms with Crippen molar-refractivity contribution in [2.75, 3.05) is 45.4 Å². The van der Waals surface area contributed by atoms with Crippen LogP contribution in [0.2, 0.25) is 0 Å². The zero-order valence-electron chi connectivity index (χ0n) is 26.4. The summed E-state index contributed by atoms with van der Waals surface area (Å²) in [5, 5.41) is 5.21. The van der Waals surface area contributed by atoms with Gasteiger partial charge in [0.2, 0.25) is 5.69 Å². The zero-order chi connectivity index (χ0) is 30.2. The number of fused-ring (bicyclic) bond motifs is 6. The van der Waals surface area contributed by atoms with Crippen LogP contribution in [0, 0.1) is 0 Å². The molecule has 0 aromatic heterocycles. The van der Waals surface area contributed by atoms with E-state index in [0.717, 1.165) is 13.1 Å². The summed E-state index contributed by atoms with van der Waals surface area (Å²) in [6.45, 7) is 12.3. The first-order chi connectivity index (χ1) is 20.8. The average molecular weight is 572 g/mol. The van der Waals surface area contributed by atoms with E-state index in [-0.39, 0.29) is 10.8 Å². The first kappa shape index (κ1) is 29.1. The van der Waals surface area contributed by atoms with Crippen LogP contribution in [0.25, 0.3) is 21.5 Å². The minimum atomic E-state index is -0.139. The molecule has 0 aliphatic carbocycles. The second-order valence-corrected chi connectivity index (χ2v) is 12.6. The molecular weight excluding hydrogens is 528 g/mol. The lowest BCUT2D eigenvalue weighted by atomic mass is 9.79. The topological polar surface area (TPSA) is 24.7 Å². The van der Waals surface area contributed by atoms with Crippen molar-refractivity contribution in [3.05, 3.63) is 120 Å². The molecule has 0 saturated carbocycles. The third-order valence-electron chi connectivity index (χ3n) is 9.28. The monoisotopic (exact) mass is 571 g/mol. The highest BCUT2D eigenvalue weighted by molar-refractivity contribution is 6.07. The molecule has 0 radical (unpaired) electrons. The van der Waals surface area contributed by atoms with Gasteiger partial charge < -0.3 is 14.4 Å². The summed E-state index contributed by atoms with van der Waals surface area (Å²) in [5.41, 5.74) is 7.62. The first-order valence-corrected chi connectivity index (χ1v) is 15.3. The van der Waals surface area contributed by atoms with E-state index in [9.17, 15) is 0 Å². The molecule has 220 valence electrons. The molecule has 0 fully saturated rings. The molecule has 0 saturated heterocycles. The molecule has 0 atom stereocenters. The van der Waals surface area contributed by atoms with Crippen LogP contribution in [0.5, 0.6) is 0 Å². The summed E-state index contributed by atoms with van der Waals surface area (Å²) in [6.07, 6.45) is 11.1. The van der Waals surface area contributed by atoms with E-state index >= 15 is 0 Å². The van der Waals surface area contributed by atoms with Gasteiger partial charge in [-0.25, -0.2) is 0 Å². The Morgan fingerprint density at radius 3 is 2.05 bits per heavy atom. The number of benzene rings is 4. The molecule has 4 heteroatoms. The molecule has 2 aliphatic rings. The van der Waals surface area contributed by atoms with Crippen molar-refractivity contribution in [2.45, 2.75) is 38.5 Å². The molecule has 43 heavy (non-hydrogen) atoms. The molecule has 4 nitrogen and oxygen atoms in total. The van der Waals surface area contributed by atoms with Crippen LogP contribution in [-0.2, 0) is 20.3 Å². The zero-order valence-corrected chi connectivity index (χ0v) is 26.4. The van der Waals surface area contributed by atoms with E-state index < -0.39 is 0 Å². The predicted molar refractivity (Wildman–Crippen MR) is 181 cm³/mol. The normalized spacial score (nSPS) is 18.2. The first-order valence-electron chi connectivity index (χ1n) is 15.3. The summed E-state index contributed by atoms with van der Waals surface area (Å²) >= 11 is 0. The fourth-order valence-corrected chi connectivity index (χ4v) is 7.28. The van der Waals surface area contributed by atoms with Crippen molar-refractivity contribution >= 4 is 38.6 Å². The van der Waals surface area contributed by atoms with Gasteiger partial charge in [-0.2, -0.15) is 4.58 Å². The number of allylic oxidation sites excluding steroid dienone is 6. The van der Waals surface area contributed by atoms with Gasteiger partial charge >= 0.3 is 0 Å². The second-order valence-electron chi connectivity index (χ2n) is 12.6. The van der Waals surface area contributed by atoms with Crippen LogP contribution in [0.1, 0.15) is 38.8 Å². The van der Waals surface area contributed by atoms with Gasteiger partial charge in [0.25, 0.3) is 0 Å². The smallest absolute Gasteiger partial charge is 0.210 e. The number of nitrogens with zero attached hydrogens (tertiary/aromatic N) is 2. The molecule has 6 rings (SSSR count). The Morgan fingerprint density at radius 2 is 1.35 bits per heavy atom. The van der Waals surface area contributed by atoms with E-state index in [1.165, 1.54) is 55.5 Å². The molecule has 2 aliphatic heterocycles. The van der Waals surface area contributed by atoms with Gasteiger partial charge in [-0.3, -0.25) is 0 Å². The van der Waals surface area contributed by atoms with Crippen molar-refractivity contribution in [3.63, 3.8) is 0 Å². The Morgan fingerprint density at radius 1 is 0.698 bits per heavy atom. The maximum atomic E-state index is 5.52. The number of hydrogen-bond acceptors (Lipinski definition) is 3. The molecule has 0 N–H and O–H groups in total. The van der Waals surface area contributed by atoms with Crippen LogP contribution >= 0.6 is 0 Å². The second kappa shape index (κ2) is 11.6. The molecule has 0 amide bonds. The Kier molecular flexibility index (Phi) is 7.85. The Balaban J connectivity index is 1.35. The van der Waals surface area contributed by atoms with E-state index in [4.69, 9.17) is 9.47 Å². The van der Waals surface area contributed by atoms with E-state index in [0.29, 0.717) is 13.2 Å². The van der Waals surface area contributed by atoms with E-state index in [1.807, 2.05) is 0 Å². The van der Waals surface area contributed by atoms with E-state index in [2.05, 4.69) is 140 Å². The lowest BCUT2D eigenvalue weighted by Crippen LogP contribution is -2.29. The lowest BCUT2D eigenvalue weighted by molar-refractivity contribution is -0.441. The summed E-state index contributed by atoms with van der Waals surface area (Å²) in [6, 6.07) is 26.5. The van der Waals surface area contributed by atoms with Gasteiger partial charge in [-0.1, -0.05) is 86.7 Å². The Hall–Kier alpha value is -3.99. The van der Waals surface area contributed by atoms with Crippen LogP contribution in [0.15, 0.2) is 109 Å². The third kappa shape index (κ3) is 4.93. The standard InChI is InChI=1S/C39H43N2O2/c1-38(2)34(40(24-26-42-5)32-22-20-28-14-10-12-16-30(28)36(32)38)18-8-7-9-19-35-39(3,4)37-31-17-13-11-15-29(31)21-23-33(37)41(35)25-27-43-6/h7-23H,24-27H2,1-6H3/q+1. The highest BCUT2D eigenvalue weighted by atomic mass is 16.5.